The molecule has 128 valence electrons. The van der Waals surface area contributed by atoms with Crippen LogP contribution < -0.4 is 10.1 Å². The molecule has 1 amide bonds. The quantitative estimate of drug-likeness (QED) is 0.885. The van der Waals surface area contributed by atoms with E-state index in [-0.39, 0.29) is 5.91 Å². The Balaban J connectivity index is 1.55. The summed E-state index contributed by atoms with van der Waals surface area (Å²) in [6.07, 6.45) is 3.84. The molecule has 0 bridgehead atoms. The van der Waals surface area contributed by atoms with Gasteiger partial charge in [-0.15, -0.1) is 0 Å². The van der Waals surface area contributed by atoms with Crippen molar-refractivity contribution in [2.75, 3.05) is 33.3 Å². The molecule has 1 aliphatic heterocycles. The van der Waals surface area contributed by atoms with Crippen molar-refractivity contribution in [3.8, 4) is 17.1 Å². The molecule has 1 N–H and O–H groups in total. The summed E-state index contributed by atoms with van der Waals surface area (Å²) >= 11 is 0. The van der Waals surface area contributed by atoms with Gasteiger partial charge < -0.3 is 19.4 Å². The third-order valence-electron chi connectivity index (χ3n) is 4.35. The molecular formula is C19H24N2O3. The van der Waals surface area contributed by atoms with E-state index in [9.17, 15) is 4.79 Å². The second-order valence-electron chi connectivity index (χ2n) is 6.05. The van der Waals surface area contributed by atoms with E-state index in [4.69, 9.17) is 9.15 Å². The number of piperidine rings is 1. The van der Waals surface area contributed by atoms with E-state index in [1.807, 2.05) is 30.3 Å². The van der Waals surface area contributed by atoms with Gasteiger partial charge in [-0.05, 0) is 50.2 Å². The first-order chi connectivity index (χ1) is 11.8. The molecule has 0 atom stereocenters. The normalized spacial score (nSPS) is 15.2. The van der Waals surface area contributed by atoms with Crippen LogP contribution in [-0.2, 0) is 0 Å². The van der Waals surface area contributed by atoms with Gasteiger partial charge >= 0.3 is 0 Å². The number of rotatable bonds is 6. The van der Waals surface area contributed by atoms with E-state index in [0.717, 1.165) is 30.9 Å². The number of methoxy groups -OCH3 is 1. The zero-order valence-corrected chi connectivity index (χ0v) is 14.1. The molecule has 3 rings (SSSR count). The zero-order valence-electron chi connectivity index (χ0n) is 14.1. The van der Waals surface area contributed by atoms with Crippen molar-refractivity contribution in [2.45, 2.75) is 19.3 Å². The number of benzene rings is 1. The fourth-order valence-corrected chi connectivity index (χ4v) is 2.99. The number of carbonyl (C=O) groups excluding carboxylic acids is 1. The van der Waals surface area contributed by atoms with Gasteiger partial charge in [-0.2, -0.15) is 0 Å². The highest BCUT2D eigenvalue weighted by Crippen LogP contribution is 2.25. The second-order valence-corrected chi connectivity index (χ2v) is 6.05. The van der Waals surface area contributed by atoms with Crippen LogP contribution in [0.15, 0.2) is 40.8 Å². The van der Waals surface area contributed by atoms with Crippen molar-refractivity contribution in [2.24, 2.45) is 0 Å². The van der Waals surface area contributed by atoms with E-state index in [2.05, 4.69) is 10.2 Å². The van der Waals surface area contributed by atoms with Crippen LogP contribution >= 0.6 is 0 Å². The molecule has 5 heteroatoms. The minimum Gasteiger partial charge on any atom is -0.497 e. The number of ether oxygens (including phenoxy) is 1. The summed E-state index contributed by atoms with van der Waals surface area (Å²) < 4.78 is 10.9. The number of hydrogen-bond acceptors (Lipinski definition) is 4. The highest BCUT2D eigenvalue weighted by atomic mass is 16.5. The molecule has 0 aliphatic carbocycles. The Hall–Kier alpha value is -2.27. The van der Waals surface area contributed by atoms with E-state index < -0.39 is 0 Å². The number of carbonyl (C=O) groups is 1. The molecule has 0 radical (unpaired) electrons. The molecule has 0 saturated carbocycles. The first-order valence-electron chi connectivity index (χ1n) is 8.51. The van der Waals surface area contributed by atoms with Crippen LogP contribution in [0.4, 0.5) is 0 Å². The second kappa shape index (κ2) is 8.02. The fraction of sp³-hybridized carbons (Fsp3) is 0.421. The van der Waals surface area contributed by atoms with Crippen molar-refractivity contribution < 1.29 is 13.9 Å². The van der Waals surface area contributed by atoms with E-state index in [1.165, 1.54) is 19.3 Å². The standard InChI is InChI=1S/C19H24N2O3/c1-23-16-7-5-6-15(14-16)17-8-9-18(24-17)19(22)20-10-13-21-11-3-2-4-12-21/h5-9,14H,2-4,10-13H2,1H3,(H,20,22). The van der Waals surface area contributed by atoms with Crippen LogP contribution in [0, 0.1) is 0 Å². The van der Waals surface area contributed by atoms with Gasteiger partial charge in [0, 0.05) is 18.7 Å². The minimum atomic E-state index is -0.166. The number of hydrogen-bond donors (Lipinski definition) is 1. The van der Waals surface area contributed by atoms with Gasteiger partial charge in [-0.25, -0.2) is 0 Å². The Kier molecular flexibility index (Phi) is 5.54. The molecule has 0 spiro atoms. The monoisotopic (exact) mass is 328 g/mol. The maximum atomic E-state index is 12.2. The summed E-state index contributed by atoms with van der Waals surface area (Å²) in [5, 5.41) is 2.93. The molecule has 1 fully saturated rings. The van der Waals surface area contributed by atoms with Crippen molar-refractivity contribution >= 4 is 5.91 Å². The summed E-state index contributed by atoms with van der Waals surface area (Å²) in [6.45, 7) is 3.82. The lowest BCUT2D eigenvalue weighted by molar-refractivity contribution is 0.0920. The molecule has 1 aromatic carbocycles. The van der Waals surface area contributed by atoms with Crippen LogP contribution in [0.2, 0.25) is 0 Å². The Bertz CT molecular complexity index is 675. The SMILES string of the molecule is COc1cccc(-c2ccc(C(=O)NCCN3CCCCC3)o2)c1. The van der Waals surface area contributed by atoms with Gasteiger partial charge in [0.15, 0.2) is 5.76 Å². The first-order valence-corrected chi connectivity index (χ1v) is 8.51. The summed E-state index contributed by atoms with van der Waals surface area (Å²) in [5.74, 6) is 1.60. The molecule has 2 aromatic rings. The largest absolute Gasteiger partial charge is 0.497 e. The maximum absolute atomic E-state index is 12.2. The maximum Gasteiger partial charge on any atom is 0.287 e. The Morgan fingerprint density at radius 3 is 2.83 bits per heavy atom. The summed E-state index contributed by atoms with van der Waals surface area (Å²) in [6, 6.07) is 11.1. The predicted molar refractivity (Wildman–Crippen MR) is 93.3 cm³/mol. The Morgan fingerprint density at radius 2 is 2.04 bits per heavy atom. The summed E-state index contributed by atoms with van der Waals surface area (Å²) in [5.41, 5.74) is 0.890. The van der Waals surface area contributed by atoms with Crippen molar-refractivity contribution in [3.63, 3.8) is 0 Å². The molecule has 24 heavy (non-hydrogen) atoms. The molecule has 1 aromatic heterocycles. The number of furan rings is 1. The molecule has 1 saturated heterocycles. The summed E-state index contributed by atoms with van der Waals surface area (Å²) in [7, 11) is 1.63. The highest BCUT2D eigenvalue weighted by Gasteiger charge is 2.14. The number of likely N-dealkylation sites (tertiary alicyclic amines) is 1. The average Bonchev–Trinajstić information content (AvgIpc) is 3.13. The number of nitrogens with one attached hydrogen (secondary N) is 1. The van der Waals surface area contributed by atoms with Gasteiger partial charge in [-0.3, -0.25) is 4.79 Å². The molecular weight excluding hydrogens is 304 g/mol. The van der Waals surface area contributed by atoms with Crippen LogP contribution in [0.25, 0.3) is 11.3 Å². The van der Waals surface area contributed by atoms with Crippen LogP contribution in [0.1, 0.15) is 29.8 Å². The van der Waals surface area contributed by atoms with Crippen molar-refractivity contribution in [1.82, 2.24) is 10.2 Å². The minimum absolute atomic E-state index is 0.166. The lowest BCUT2D eigenvalue weighted by Gasteiger charge is -2.26. The number of nitrogens with zero attached hydrogens (tertiary/aromatic N) is 1. The molecule has 2 heterocycles. The smallest absolute Gasteiger partial charge is 0.287 e. The third kappa shape index (κ3) is 4.17. The lowest BCUT2D eigenvalue weighted by Crippen LogP contribution is -2.37. The molecule has 1 aliphatic rings. The third-order valence-corrected chi connectivity index (χ3v) is 4.35. The van der Waals surface area contributed by atoms with E-state index in [0.29, 0.717) is 18.1 Å². The van der Waals surface area contributed by atoms with Gasteiger partial charge in [0.25, 0.3) is 5.91 Å². The lowest BCUT2D eigenvalue weighted by atomic mass is 10.1. The van der Waals surface area contributed by atoms with Gasteiger partial charge in [0.1, 0.15) is 11.5 Å². The van der Waals surface area contributed by atoms with Gasteiger partial charge in [0.2, 0.25) is 0 Å². The van der Waals surface area contributed by atoms with Crippen LogP contribution in [0.3, 0.4) is 0 Å². The van der Waals surface area contributed by atoms with E-state index >= 15 is 0 Å². The first kappa shape index (κ1) is 16.6. The number of amides is 1. The molecule has 0 unspecified atom stereocenters. The highest BCUT2D eigenvalue weighted by molar-refractivity contribution is 5.92. The predicted octanol–water partition coefficient (Wildman–Crippen LogP) is 3.17. The average molecular weight is 328 g/mol. The Morgan fingerprint density at radius 1 is 1.21 bits per heavy atom. The topological polar surface area (TPSA) is 54.7 Å². The Labute approximate surface area is 142 Å². The molecule has 5 nitrogen and oxygen atoms in total. The fourth-order valence-electron chi connectivity index (χ4n) is 2.99. The zero-order chi connectivity index (χ0) is 16.8. The van der Waals surface area contributed by atoms with Gasteiger partial charge in [0.05, 0.1) is 7.11 Å². The van der Waals surface area contributed by atoms with Crippen LogP contribution in [0.5, 0.6) is 5.75 Å². The van der Waals surface area contributed by atoms with Crippen LogP contribution in [-0.4, -0.2) is 44.1 Å². The van der Waals surface area contributed by atoms with Crippen molar-refractivity contribution in [1.29, 1.82) is 0 Å². The van der Waals surface area contributed by atoms with Gasteiger partial charge in [-0.1, -0.05) is 18.6 Å². The van der Waals surface area contributed by atoms with E-state index in [1.54, 1.807) is 13.2 Å². The van der Waals surface area contributed by atoms with Crippen molar-refractivity contribution in [3.05, 3.63) is 42.2 Å². The summed E-state index contributed by atoms with van der Waals surface area (Å²) in [4.78, 5) is 14.6.